The Hall–Kier alpha value is -1.60. The van der Waals surface area contributed by atoms with E-state index in [1.165, 1.54) is 22.3 Å². The molecule has 0 aliphatic carbocycles. The minimum absolute atomic E-state index is 0.354. The quantitative estimate of drug-likeness (QED) is 0.740. The van der Waals surface area contributed by atoms with E-state index in [0.717, 1.165) is 6.61 Å². The lowest BCUT2D eigenvalue weighted by molar-refractivity contribution is 0.389. The molecule has 0 radical (unpaired) electrons. The summed E-state index contributed by atoms with van der Waals surface area (Å²) in [6.07, 6.45) is 0.354. The summed E-state index contributed by atoms with van der Waals surface area (Å²) in [5, 5.41) is 0. The maximum Gasteiger partial charge on any atom is 0.0918 e. The van der Waals surface area contributed by atoms with Crippen molar-refractivity contribution in [2.45, 2.75) is 25.9 Å². The van der Waals surface area contributed by atoms with Crippen LogP contribution in [0.2, 0.25) is 0 Å². The van der Waals surface area contributed by atoms with Crippen LogP contribution in [0.1, 0.15) is 28.2 Å². The van der Waals surface area contributed by atoms with Crippen molar-refractivity contribution in [2.75, 3.05) is 6.61 Å². The Kier molecular flexibility index (Phi) is 2.92. The summed E-state index contributed by atoms with van der Waals surface area (Å²) in [6, 6.07) is 17.3. The Morgan fingerprint density at radius 1 is 0.889 bits per heavy atom. The third-order valence-electron chi connectivity index (χ3n) is 3.78. The van der Waals surface area contributed by atoms with Gasteiger partial charge in [0, 0.05) is 5.92 Å². The maximum atomic E-state index is 5.59. The van der Waals surface area contributed by atoms with Crippen LogP contribution in [0.3, 0.4) is 0 Å². The summed E-state index contributed by atoms with van der Waals surface area (Å²) < 4.78 is 5.59. The number of hydrogen-bond donors (Lipinski definition) is 0. The third-order valence-corrected chi connectivity index (χ3v) is 3.78. The van der Waals surface area contributed by atoms with E-state index >= 15 is 0 Å². The molecule has 0 aromatic heterocycles. The second-order valence-corrected chi connectivity index (χ2v) is 5.06. The average molecular weight is 238 g/mol. The Morgan fingerprint density at radius 2 is 1.33 bits per heavy atom. The fraction of sp³-hybridized carbons (Fsp3) is 0.294. The molecule has 0 saturated carbocycles. The summed E-state index contributed by atoms with van der Waals surface area (Å²) in [5.41, 5.74) is 5.49. The molecule has 0 N–H and O–H groups in total. The Balaban J connectivity index is 2.09. The highest BCUT2D eigenvalue weighted by Crippen LogP contribution is 2.38. The topological polar surface area (TPSA) is 12.5 Å². The smallest absolute Gasteiger partial charge is 0.0918 e. The number of hydrogen-bond acceptors (Lipinski definition) is 1. The Bertz CT molecular complexity index is 510. The highest BCUT2D eigenvalue weighted by molar-refractivity contribution is 5.42. The molecular weight excluding hydrogens is 220 g/mol. The van der Waals surface area contributed by atoms with Crippen molar-refractivity contribution in [2.24, 2.45) is 0 Å². The van der Waals surface area contributed by atoms with Crippen LogP contribution in [0.4, 0.5) is 0 Å². The second kappa shape index (κ2) is 4.58. The highest BCUT2D eigenvalue weighted by Gasteiger charge is 2.36. The van der Waals surface area contributed by atoms with Gasteiger partial charge in [-0.3, -0.25) is 0 Å². The molecule has 92 valence electrons. The van der Waals surface area contributed by atoms with Crippen molar-refractivity contribution in [1.82, 2.24) is 0 Å². The van der Waals surface area contributed by atoms with Gasteiger partial charge in [-0.05, 0) is 36.1 Å². The SMILES string of the molecule is Cc1ccccc1C(c1ccccc1C)C1CO1. The molecule has 1 heterocycles. The van der Waals surface area contributed by atoms with E-state index < -0.39 is 0 Å². The van der Waals surface area contributed by atoms with Gasteiger partial charge >= 0.3 is 0 Å². The van der Waals surface area contributed by atoms with Crippen LogP contribution >= 0.6 is 0 Å². The van der Waals surface area contributed by atoms with Gasteiger partial charge < -0.3 is 4.74 Å². The number of rotatable bonds is 3. The van der Waals surface area contributed by atoms with Crippen molar-refractivity contribution in [3.05, 3.63) is 70.8 Å². The molecule has 18 heavy (non-hydrogen) atoms. The minimum atomic E-state index is 0.354. The summed E-state index contributed by atoms with van der Waals surface area (Å²) >= 11 is 0. The average Bonchev–Trinajstić information content (AvgIpc) is 3.19. The summed E-state index contributed by atoms with van der Waals surface area (Å²) in [4.78, 5) is 0. The normalized spacial score (nSPS) is 18.1. The van der Waals surface area contributed by atoms with Crippen molar-refractivity contribution >= 4 is 0 Å². The molecule has 0 amide bonds. The van der Waals surface area contributed by atoms with Crippen LogP contribution in [0.15, 0.2) is 48.5 Å². The van der Waals surface area contributed by atoms with Gasteiger partial charge in [0.25, 0.3) is 0 Å². The lowest BCUT2D eigenvalue weighted by Crippen LogP contribution is -2.11. The molecule has 1 fully saturated rings. The molecule has 1 heteroatoms. The van der Waals surface area contributed by atoms with Crippen molar-refractivity contribution in [3.8, 4) is 0 Å². The number of epoxide rings is 1. The van der Waals surface area contributed by atoms with Crippen molar-refractivity contribution in [1.29, 1.82) is 0 Å². The molecule has 0 spiro atoms. The molecule has 2 aromatic carbocycles. The van der Waals surface area contributed by atoms with E-state index in [9.17, 15) is 0 Å². The first-order chi connectivity index (χ1) is 8.77. The molecule has 0 bridgehead atoms. The van der Waals surface area contributed by atoms with E-state index in [0.29, 0.717) is 12.0 Å². The fourth-order valence-corrected chi connectivity index (χ4v) is 2.69. The van der Waals surface area contributed by atoms with E-state index in [1.807, 2.05) is 0 Å². The fourth-order valence-electron chi connectivity index (χ4n) is 2.69. The van der Waals surface area contributed by atoms with E-state index in [-0.39, 0.29) is 0 Å². The van der Waals surface area contributed by atoms with Crippen LogP contribution in [-0.4, -0.2) is 12.7 Å². The van der Waals surface area contributed by atoms with E-state index in [1.54, 1.807) is 0 Å². The molecule has 1 nitrogen and oxygen atoms in total. The van der Waals surface area contributed by atoms with Gasteiger partial charge in [-0.1, -0.05) is 48.5 Å². The predicted molar refractivity (Wildman–Crippen MR) is 73.9 cm³/mol. The zero-order valence-corrected chi connectivity index (χ0v) is 10.9. The summed E-state index contributed by atoms with van der Waals surface area (Å²) in [5.74, 6) is 0.382. The molecule has 1 unspecified atom stereocenters. The number of benzene rings is 2. The van der Waals surface area contributed by atoms with Crippen LogP contribution < -0.4 is 0 Å². The predicted octanol–water partition coefficient (Wildman–Crippen LogP) is 3.83. The lowest BCUT2D eigenvalue weighted by atomic mass is 9.84. The summed E-state index contributed by atoms with van der Waals surface area (Å²) in [7, 11) is 0. The van der Waals surface area contributed by atoms with Gasteiger partial charge in [0.15, 0.2) is 0 Å². The molecule has 2 aromatic rings. The number of ether oxygens (including phenoxy) is 1. The molecule has 1 aliphatic rings. The van der Waals surface area contributed by atoms with Gasteiger partial charge in [0.2, 0.25) is 0 Å². The third kappa shape index (κ3) is 2.06. The van der Waals surface area contributed by atoms with Crippen molar-refractivity contribution < 1.29 is 4.74 Å². The lowest BCUT2D eigenvalue weighted by Gasteiger charge is -2.20. The first kappa shape index (κ1) is 11.5. The van der Waals surface area contributed by atoms with Gasteiger partial charge in [-0.15, -0.1) is 0 Å². The largest absolute Gasteiger partial charge is 0.372 e. The molecule has 1 aliphatic heterocycles. The highest BCUT2D eigenvalue weighted by atomic mass is 16.6. The van der Waals surface area contributed by atoms with Gasteiger partial charge in [-0.25, -0.2) is 0 Å². The standard InChI is InChI=1S/C17H18O/c1-12-7-3-5-9-14(12)17(16-11-18-16)15-10-6-4-8-13(15)2/h3-10,16-17H,11H2,1-2H3. The van der Waals surface area contributed by atoms with Crippen molar-refractivity contribution in [3.63, 3.8) is 0 Å². The molecule has 1 atom stereocenters. The van der Waals surface area contributed by atoms with Crippen LogP contribution in [0.5, 0.6) is 0 Å². The monoisotopic (exact) mass is 238 g/mol. The van der Waals surface area contributed by atoms with Crippen LogP contribution in [0.25, 0.3) is 0 Å². The maximum absolute atomic E-state index is 5.59. The summed E-state index contributed by atoms with van der Waals surface area (Å²) in [6.45, 7) is 5.25. The molecule has 3 rings (SSSR count). The first-order valence-corrected chi connectivity index (χ1v) is 6.50. The van der Waals surface area contributed by atoms with Gasteiger partial charge in [-0.2, -0.15) is 0 Å². The van der Waals surface area contributed by atoms with E-state index in [4.69, 9.17) is 4.74 Å². The van der Waals surface area contributed by atoms with E-state index in [2.05, 4.69) is 62.4 Å². The zero-order chi connectivity index (χ0) is 12.5. The molecule has 1 saturated heterocycles. The minimum Gasteiger partial charge on any atom is -0.372 e. The first-order valence-electron chi connectivity index (χ1n) is 6.50. The van der Waals surface area contributed by atoms with Crippen LogP contribution in [-0.2, 0) is 4.74 Å². The molecular formula is C17H18O. The zero-order valence-electron chi connectivity index (χ0n) is 10.9. The Labute approximate surface area is 108 Å². The van der Waals surface area contributed by atoms with Crippen LogP contribution in [0, 0.1) is 13.8 Å². The Morgan fingerprint density at radius 3 is 1.72 bits per heavy atom. The number of aryl methyl sites for hydroxylation is 2. The second-order valence-electron chi connectivity index (χ2n) is 5.06. The van der Waals surface area contributed by atoms with Gasteiger partial charge in [0.1, 0.15) is 0 Å². The van der Waals surface area contributed by atoms with Gasteiger partial charge in [0.05, 0.1) is 12.7 Å².